The van der Waals surface area contributed by atoms with Crippen LogP contribution in [-0.2, 0) is 14.8 Å². The summed E-state index contributed by atoms with van der Waals surface area (Å²) in [5.41, 5.74) is 3.98. The number of fused-ring (bicyclic) bond motifs is 1. The van der Waals surface area contributed by atoms with Crippen LogP contribution in [0.2, 0.25) is 0 Å². The van der Waals surface area contributed by atoms with E-state index in [1.165, 1.54) is 18.3 Å². The number of guanidine groups is 1. The molecular weight excluding hydrogens is 571 g/mol. The average molecular weight is 600 g/mol. The number of aromatic nitrogens is 1. The van der Waals surface area contributed by atoms with Crippen LogP contribution in [0.4, 0.5) is 5.82 Å². The minimum Gasteiger partial charge on any atom is -0.480 e. The number of likely N-dealkylation sites (N-methyl/N-ethyl adjacent to an activating group) is 1. The van der Waals surface area contributed by atoms with Gasteiger partial charge in [-0.1, -0.05) is 18.9 Å². The number of carboxylic acid groups (broad SMARTS) is 1. The van der Waals surface area contributed by atoms with Gasteiger partial charge in [0.2, 0.25) is 10.0 Å². The fourth-order valence-electron chi connectivity index (χ4n) is 4.09. The molecule has 2 aromatic rings. The fraction of sp³-hybridized carbons (Fsp3) is 0.450. The maximum absolute atomic E-state index is 13.8. The zero-order valence-electron chi connectivity index (χ0n) is 18.7. The molecule has 0 amide bonds. The molecule has 1 aliphatic carbocycles. The minimum absolute atomic E-state index is 0. The minimum atomic E-state index is -4.16. The molecule has 1 heterocycles. The highest BCUT2D eigenvalue weighted by atomic mass is 79.9. The van der Waals surface area contributed by atoms with E-state index in [2.05, 4.69) is 26.2 Å². The van der Waals surface area contributed by atoms with Crippen LogP contribution in [0.15, 0.2) is 33.8 Å². The first kappa shape index (κ1) is 30.3. The van der Waals surface area contributed by atoms with Gasteiger partial charge < -0.3 is 21.1 Å². The van der Waals surface area contributed by atoms with Crippen LogP contribution < -0.4 is 11.1 Å². The van der Waals surface area contributed by atoms with E-state index in [9.17, 15) is 18.3 Å². The molecule has 1 saturated carbocycles. The second-order valence-corrected chi connectivity index (χ2v) is 10.8. The molecule has 1 aromatic heterocycles. The third kappa shape index (κ3) is 5.92. The van der Waals surface area contributed by atoms with Gasteiger partial charge in [-0.15, -0.1) is 24.8 Å². The predicted octanol–water partition coefficient (Wildman–Crippen LogP) is 3.10. The summed E-state index contributed by atoms with van der Waals surface area (Å²) in [6.07, 6.45) is 3.38. The Morgan fingerprint density at radius 2 is 1.85 bits per heavy atom. The van der Waals surface area contributed by atoms with Gasteiger partial charge >= 0.3 is 5.97 Å². The lowest BCUT2D eigenvalue weighted by Gasteiger charge is -2.37. The Bertz CT molecular complexity index is 1160. The number of nitrogens with two attached hydrogens (primary N) is 1. The van der Waals surface area contributed by atoms with Gasteiger partial charge in [0.1, 0.15) is 11.4 Å². The zero-order chi connectivity index (χ0) is 23.7. The van der Waals surface area contributed by atoms with Gasteiger partial charge in [0.15, 0.2) is 5.96 Å². The van der Waals surface area contributed by atoms with Crippen molar-refractivity contribution in [2.45, 2.75) is 36.1 Å². The number of carbonyl (C=O) groups is 1. The third-order valence-electron chi connectivity index (χ3n) is 5.71. The van der Waals surface area contributed by atoms with Crippen LogP contribution in [0.5, 0.6) is 0 Å². The number of rotatable bonds is 8. The quantitative estimate of drug-likeness (QED) is 0.267. The average Bonchev–Trinajstić information content (AvgIpc) is 3.20. The SMILES string of the molecule is CN(C)CCN(C1(C(=O)O)CCCC1)S(=O)(=O)c1ccc2c(Br)cnc(NC(=N)N)c2c1.Cl.Cl. The Morgan fingerprint density at radius 3 is 2.38 bits per heavy atom. The summed E-state index contributed by atoms with van der Waals surface area (Å²) in [6, 6.07) is 4.54. The Kier molecular flexibility index (Phi) is 10.5. The van der Waals surface area contributed by atoms with Crippen molar-refractivity contribution in [1.82, 2.24) is 14.2 Å². The summed E-state index contributed by atoms with van der Waals surface area (Å²) in [4.78, 5) is 18.3. The highest BCUT2D eigenvalue weighted by Gasteiger charge is 2.51. The summed E-state index contributed by atoms with van der Waals surface area (Å²) in [6.45, 7) is 0.432. The maximum atomic E-state index is 13.8. The lowest BCUT2D eigenvalue weighted by molar-refractivity contribution is -0.148. The number of aliphatic carboxylic acids is 1. The Balaban J connectivity index is 0.00000289. The van der Waals surface area contributed by atoms with Crippen molar-refractivity contribution in [3.05, 3.63) is 28.9 Å². The molecule has 190 valence electrons. The van der Waals surface area contributed by atoms with E-state index in [-0.39, 0.29) is 60.9 Å². The Hall–Kier alpha value is -1.70. The molecule has 34 heavy (non-hydrogen) atoms. The van der Waals surface area contributed by atoms with Crippen molar-refractivity contribution in [3.8, 4) is 0 Å². The second kappa shape index (κ2) is 11.8. The number of halogens is 3. The lowest BCUT2D eigenvalue weighted by Crippen LogP contribution is -2.56. The number of hydrogen-bond acceptors (Lipinski definition) is 6. The predicted molar refractivity (Wildman–Crippen MR) is 141 cm³/mol. The summed E-state index contributed by atoms with van der Waals surface area (Å²) >= 11 is 3.41. The number of pyridine rings is 1. The number of nitrogens with one attached hydrogen (secondary N) is 2. The molecular formula is C20H29BrCl2N6O4S. The normalized spacial score (nSPS) is 15.1. The number of benzene rings is 1. The van der Waals surface area contributed by atoms with Crippen molar-refractivity contribution in [1.29, 1.82) is 5.41 Å². The molecule has 1 aliphatic rings. The number of carboxylic acids is 1. The molecule has 1 aromatic carbocycles. The molecule has 0 saturated heterocycles. The first-order chi connectivity index (χ1) is 15.0. The molecule has 0 unspecified atom stereocenters. The van der Waals surface area contributed by atoms with Crippen LogP contribution in [0.3, 0.4) is 0 Å². The summed E-state index contributed by atoms with van der Waals surface area (Å²) in [7, 11) is -0.540. The van der Waals surface area contributed by atoms with Crippen LogP contribution >= 0.6 is 40.7 Å². The molecule has 10 nitrogen and oxygen atoms in total. The highest BCUT2D eigenvalue weighted by molar-refractivity contribution is 9.10. The highest BCUT2D eigenvalue weighted by Crippen LogP contribution is 2.40. The summed E-state index contributed by atoms with van der Waals surface area (Å²) < 4.78 is 29.5. The van der Waals surface area contributed by atoms with E-state index in [1.807, 2.05) is 19.0 Å². The van der Waals surface area contributed by atoms with Gasteiger partial charge in [0.25, 0.3) is 0 Å². The van der Waals surface area contributed by atoms with E-state index in [4.69, 9.17) is 11.1 Å². The Morgan fingerprint density at radius 1 is 1.24 bits per heavy atom. The molecule has 3 rings (SSSR count). The largest absolute Gasteiger partial charge is 0.480 e. The molecule has 0 bridgehead atoms. The van der Waals surface area contributed by atoms with Gasteiger partial charge in [-0.3, -0.25) is 10.2 Å². The van der Waals surface area contributed by atoms with E-state index < -0.39 is 21.5 Å². The van der Waals surface area contributed by atoms with Gasteiger partial charge in [-0.2, -0.15) is 4.31 Å². The number of nitrogens with zero attached hydrogens (tertiary/aromatic N) is 3. The van der Waals surface area contributed by atoms with E-state index >= 15 is 0 Å². The standard InChI is InChI=1S/C20H27BrN6O4S.2ClH/c1-26(2)9-10-27(20(18(28)29)7-3-4-8-20)32(30,31)13-5-6-14-15(11-13)17(25-19(22)23)24-12-16(14)21;;/h5-6,11-12H,3-4,7-10H2,1-2H3,(H,28,29)(H4,22,23,24,25);2*1H. The van der Waals surface area contributed by atoms with Gasteiger partial charge in [-0.05, 0) is 55.0 Å². The maximum Gasteiger partial charge on any atom is 0.325 e. The lowest BCUT2D eigenvalue weighted by atomic mass is 9.98. The summed E-state index contributed by atoms with van der Waals surface area (Å²) in [5, 5.41) is 21.3. The van der Waals surface area contributed by atoms with Gasteiger partial charge in [0.05, 0.1) is 4.90 Å². The molecule has 0 aliphatic heterocycles. The van der Waals surface area contributed by atoms with Crippen molar-refractivity contribution < 1.29 is 18.3 Å². The van der Waals surface area contributed by atoms with E-state index in [1.54, 1.807) is 6.07 Å². The van der Waals surface area contributed by atoms with Gasteiger partial charge in [0, 0.05) is 34.5 Å². The smallest absolute Gasteiger partial charge is 0.325 e. The molecule has 14 heteroatoms. The van der Waals surface area contributed by atoms with Crippen molar-refractivity contribution in [3.63, 3.8) is 0 Å². The van der Waals surface area contributed by atoms with Crippen molar-refractivity contribution in [2.75, 3.05) is 32.5 Å². The van der Waals surface area contributed by atoms with Crippen molar-refractivity contribution in [2.24, 2.45) is 5.73 Å². The Labute approximate surface area is 219 Å². The number of sulfonamides is 1. The second-order valence-electron chi connectivity index (χ2n) is 8.13. The van der Waals surface area contributed by atoms with Crippen LogP contribution in [0.25, 0.3) is 10.8 Å². The van der Waals surface area contributed by atoms with Crippen LogP contribution in [0, 0.1) is 5.41 Å². The fourth-order valence-corrected chi connectivity index (χ4v) is 6.34. The van der Waals surface area contributed by atoms with Crippen molar-refractivity contribution >= 4 is 79.3 Å². The van der Waals surface area contributed by atoms with Crippen LogP contribution in [0.1, 0.15) is 25.7 Å². The van der Waals surface area contributed by atoms with Crippen LogP contribution in [-0.4, -0.2) is 72.4 Å². The zero-order valence-corrected chi connectivity index (χ0v) is 22.8. The first-order valence-corrected chi connectivity index (χ1v) is 12.3. The summed E-state index contributed by atoms with van der Waals surface area (Å²) in [5.74, 6) is -1.22. The monoisotopic (exact) mass is 598 g/mol. The van der Waals surface area contributed by atoms with E-state index in [0.717, 1.165) is 4.31 Å². The number of hydrogen-bond donors (Lipinski definition) is 4. The first-order valence-electron chi connectivity index (χ1n) is 10.1. The number of anilines is 1. The molecule has 0 spiro atoms. The third-order valence-corrected chi connectivity index (χ3v) is 8.30. The van der Waals surface area contributed by atoms with E-state index in [0.29, 0.717) is 34.6 Å². The molecule has 0 atom stereocenters. The molecule has 0 radical (unpaired) electrons. The van der Waals surface area contributed by atoms with Gasteiger partial charge in [-0.25, -0.2) is 13.4 Å². The molecule has 1 fully saturated rings. The topological polar surface area (TPSA) is 153 Å². The molecule has 5 N–H and O–H groups in total.